The zero-order valence-corrected chi connectivity index (χ0v) is 10.3. The van der Waals surface area contributed by atoms with Crippen LogP contribution in [-0.4, -0.2) is 28.8 Å². The van der Waals surface area contributed by atoms with Crippen molar-refractivity contribution in [1.82, 2.24) is 4.98 Å². The van der Waals surface area contributed by atoms with Crippen LogP contribution in [-0.2, 0) is 16.1 Å². The van der Waals surface area contributed by atoms with Gasteiger partial charge in [0.25, 0.3) is 0 Å². The second kappa shape index (κ2) is 6.20. The van der Waals surface area contributed by atoms with Crippen molar-refractivity contribution in [2.24, 2.45) is 0 Å². The molecular weight excluding hydrogens is 222 g/mol. The number of carbonyl (C=O) groups excluding carboxylic acids is 1. The first-order valence-corrected chi connectivity index (χ1v) is 5.49. The summed E-state index contributed by atoms with van der Waals surface area (Å²) in [5.41, 5.74) is 1.20. The molecule has 1 heterocycles. The van der Waals surface area contributed by atoms with Gasteiger partial charge in [-0.25, -0.2) is 4.79 Å². The van der Waals surface area contributed by atoms with Gasteiger partial charge in [0.15, 0.2) is 6.10 Å². The Morgan fingerprint density at radius 1 is 1.53 bits per heavy atom. The molecule has 0 saturated heterocycles. The zero-order valence-electron chi connectivity index (χ0n) is 10.3. The van der Waals surface area contributed by atoms with E-state index in [4.69, 9.17) is 14.6 Å². The number of aliphatic hydroxyl groups is 1. The molecule has 1 rings (SSSR count). The number of aliphatic hydroxyl groups excluding tert-OH is 1. The van der Waals surface area contributed by atoms with E-state index in [0.29, 0.717) is 18.1 Å². The number of ether oxygens (including phenoxy) is 2. The number of pyridine rings is 1. The van der Waals surface area contributed by atoms with Crippen LogP contribution in [0, 0.1) is 6.92 Å². The first-order chi connectivity index (χ1) is 8.08. The maximum Gasteiger partial charge on any atom is 0.347 e. The van der Waals surface area contributed by atoms with Crippen molar-refractivity contribution in [3.8, 4) is 5.75 Å². The lowest BCUT2D eigenvalue weighted by Gasteiger charge is -2.15. The summed E-state index contributed by atoms with van der Waals surface area (Å²) in [6.45, 7) is 5.23. The molecule has 0 aromatic carbocycles. The van der Waals surface area contributed by atoms with E-state index >= 15 is 0 Å². The molecule has 1 N–H and O–H groups in total. The molecule has 0 amide bonds. The summed E-state index contributed by atoms with van der Waals surface area (Å²) in [6, 6.07) is 3.44. The molecule has 0 saturated carbocycles. The van der Waals surface area contributed by atoms with Gasteiger partial charge in [-0.15, -0.1) is 0 Å². The van der Waals surface area contributed by atoms with Crippen LogP contribution in [0.4, 0.5) is 0 Å². The molecule has 0 aliphatic carbocycles. The molecule has 94 valence electrons. The zero-order chi connectivity index (χ0) is 12.8. The van der Waals surface area contributed by atoms with Crippen molar-refractivity contribution >= 4 is 5.97 Å². The van der Waals surface area contributed by atoms with Gasteiger partial charge in [0.2, 0.25) is 0 Å². The van der Waals surface area contributed by atoms with Crippen molar-refractivity contribution < 1.29 is 19.4 Å². The van der Waals surface area contributed by atoms with Gasteiger partial charge in [0.05, 0.1) is 13.2 Å². The molecule has 0 radical (unpaired) electrons. The number of carbonyl (C=O) groups is 1. The molecule has 0 bridgehead atoms. The Balaban J connectivity index is 2.77. The highest BCUT2D eigenvalue weighted by Crippen LogP contribution is 2.18. The van der Waals surface area contributed by atoms with E-state index in [1.54, 1.807) is 26.0 Å². The average Bonchev–Trinajstić information content (AvgIpc) is 2.31. The smallest absolute Gasteiger partial charge is 0.347 e. The summed E-state index contributed by atoms with van der Waals surface area (Å²) in [5.74, 6) is -0.0318. The molecule has 17 heavy (non-hydrogen) atoms. The molecule has 1 aromatic heterocycles. The minimum atomic E-state index is -0.718. The predicted octanol–water partition coefficient (Wildman–Crippen LogP) is 1.21. The average molecular weight is 239 g/mol. The monoisotopic (exact) mass is 239 g/mol. The summed E-state index contributed by atoms with van der Waals surface area (Å²) >= 11 is 0. The largest absolute Gasteiger partial charge is 0.477 e. The predicted molar refractivity (Wildman–Crippen MR) is 61.6 cm³/mol. The highest BCUT2D eigenvalue weighted by atomic mass is 16.6. The molecule has 0 spiro atoms. The lowest BCUT2D eigenvalue weighted by atomic mass is 10.3. The highest BCUT2D eigenvalue weighted by Gasteiger charge is 2.17. The molecular formula is C12H17NO4. The van der Waals surface area contributed by atoms with Crippen LogP contribution < -0.4 is 4.74 Å². The second-order valence-electron chi connectivity index (χ2n) is 3.57. The van der Waals surface area contributed by atoms with E-state index in [1.807, 2.05) is 6.92 Å². The summed E-state index contributed by atoms with van der Waals surface area (Å²) in [6.07, 6.45) is -0.718. The summed E-state index contributed by atoms with van der Waals surface area (Å²) in [5, 5.41) is 9.14. The van der Waals surface area contributed by atoms with E-state index in [-0.39, 0.29) is 6.61 Å². The third-order valence-corrected chi connectivity index (χ3v) is 2.14. The Morgan fingerprint density at radius 2 is 2.24 bits per heavy atom. The summed E-state index contributed by atoms with van der Waals surface area (Å²) in [7, 11) is 0. The van der Waals surface area contributed by atoms with Crippen molar-refractivity contribution in [1.29, 1.82) is 0 Å². The molecule has 0 aliphatic heterocycles. The SMILES string of the molecule is CCOC(=O)C(C)Oc1ccc(C)nc1CO. The van der Waals surface area contributed by atoms with E-state index in [2.05, 4.69) is 4.98 Å². The Bertz CT molecular complexity index is 392. The fourth-order valence-corrected chi connectivity index (χ4v) is 1.32. The van der Waals surface area contributed by atoms with Crippen LogP contribution in [0.1, 0.15) is 25.2 Å². The summed E-state index contributed by atoms with van der Waals surface area (Å²) in [4.78, 5) is 15.5. The number of hydrogen-bond acceptors (Lipinski definition) is 5. The van der Waals surface area contributed by atoms with Crippen LogP contribution in [0.2, 0.25) is 0 Å². The summed E-state index contributed by atoms with van der Waals surface area (Å²) < 4.78 is 10.2. The molecule has 0 fully saturated rings. The van der Waals surface area contributed by atoms with Crippen molar-refractivity contribution in [2.75, 3.05) is 6.61 Å². The first kappa shape index (κ1) is 13.4. The number of esters is 1. The van der Waals surface area contributed by atoms with Crippen molar-refractivity contribution in [3.63, 3.8) is 0 Å². The topological polar surface area (TPSA) is 68.7 Å². The van der Waals surface area contributed by atoms with Crippen LogP contribution in [0.15, 0.2) is 12.1 Å². The van der Waals surface area contributed by atoms with Gasteiger partial charge in [-0.1, -0.05) is 0 Å². The first-order valence-electron chi connectivity index (χ1n) is 5.49. The minimum Gasteiger partial charge on any atom is -0.477 e. The Morgan fingerprint density at radius 3 is 2.82 bits per heavy atom. The molecule has 0 aliphatic rings. The second-order valence-corrected chi connectivity index (χ2v) is 3.57. The number of rotatable bonds is 5. The Labute approximate surface area is 100 Å². The number of aromatic nitrogens is 1. The lowest BCUT2D eigenvalue weighted by molar-refractivity contribution is -0.150. The minimum absolute atomic E-state index is 0.230. The standard InChI is InChI=1S/C12H17NO4/c1-4-16-12(15)9(3)17-11-6-5-8(2)13-10(11)7-14/h5-6,9,14H,4,7H2,1-3H3. The number of aryl methyl sites for hydroxylation is 1. The van der Waals surface area contributed by atoms with Gasteiger partial charge in [-0.2, -0.15) is 0 Å². The van der Waals surface area contributed by atoms with Gasteiger partial charge in [0.1, 0.15) is 11.4 Å². The van der Waals surface area contributed by atoms with E-state index < -0.39 is 12.1 Å². The Hall–Kier alpha value is -1.62. The highest BCUT2D eigenvalue weighted by molar-refractivity contribution is 5.74. The quantitative estimate of drug-likeness (QED) is 0.782. The van der Waals surface area contributed by atoms with E-state index in [0.717, 1.165) is 5.69 Å². The lowest BCUT2D eigenvalue weighted by Crippen LogP contribution is -2.26. The maximum atomic E-state index is 11.4. The van der Waals surface area contributed by atoms with Crippen molar-refractivity contribution in [2.45, 2.75) is 33.5 Å². The molecule has 1 atom stereocenters. The fourth-order valence-electron chi connectivity index (χ4n) is 1.32. The van der Waals surface area contributed by atoms with Crippen LogP contribution in [0.25, 0.3) is 0 Å². The number of hydrogen-bond donors (Lipinski definition) is 1. The van der Waals surface area contributed by atoms with E-state index in [1.165, 1.54) is 0 Å². The molecule has 5 nitrogen and oxygen atoms in total. The molecule has 5 heteroatoms. The van der Waals surface area contributed by atoms with Crippen LogP contribution in [0.5, 0.6) is 5.75 Å². The van der Waals surface area contributed by atoms with Crippen LogP contribution >= 0.6 is 0 Å². The normalized spacial score (nSPS) is 12.0. The van der Waals surface area contributed by atoms with Crippen molar-refractivity contribution in [3.05, 3.63) is 23.5 Å². The van der Waals surface area contributed by atoms with Gasteiger partial charge >= 0.3 is 5.97 Å². The fraction of sp³-hybridized carbons (Fsp3) is 0.500. The molecule has 1 unspecified atom stereocenters. The third kappa shape index (κ3) is 3.71. The van der Waals surface area contributed by atoms with Gasteiger partial charge in [-0.05, 0) is 32.9 Å². The maximum absolute atomic E-state index is 11.4. The third-order valence-electron chi connectivity index (χ3n) is 2.14. The van der Waals surface area contributed by atoms with Crippen LogP contribution in [0.3, 0.4) is 0 Å². The Kier molecular flexibility index (Phi) is 4.90. The van der Waals surface area contributed by atoms with Gasteiger partial charge in [-0.3, -0.25) is 4.98 Å². The van der Waals surface area contributed by atoms with Gasteiger partial charge < -0.3 is 14.6 Å². The number of nitrogens with zero attached hydrogens (tertiary/aromatic N) is 1. The molecule has 1 aromatic rings. The van der Waals surface area contributed by atoms with Gasteiger partial charge in [0, 0.05) is 5.69 Å². The van der Waals surface area contributed by atoms with E-state index in [9.17, 15) is 4.79 Å².